The van der Waals surface area contributed by atoms with Crippen molar-refractivity contribution in [1.82, 2.24) is 9.88 Å². The molecular weight excluding hydrogens is 292 g/mol. The zero-order chi connectivity index (χ0) is 16.3. The van der Waals surface area contributed by atoms with Gasteiger partial charge in [-0.25, -0.2) is 4.98 Å². The molecule has 120 valence electrons. The first kappa shape index (κ1) is 15.5. The second kappa shape index (κ2) is 6.38. The van der Waals surface area contributed by atoms with E-state index in [2.05, 4.69) is 4.98 Å². The molecule has 0 spiro atoms. The highest BCUT2D eigenvalue weighted by atomic mass is 16.5. The van der Waals surface area contributed by atoms with E-state index >= 15 is 0 Å². The summed E-state index contributed by atoms with van der Waals surface area (Å²) in [6, 6.07) is 12.8. The van der Waals surface area contributed by atoms with Crippen molar-refractivity contribution >= 4 is 5.91 Å². The summed E-state index contributed by atoms with van der Waals surface area (Å²) in [5, 5.41) is 0. The van der Waals surface area contributed by atoms with Gasteiger partial charge in [-0.2, -0.15) is 0 Å². The first-order chi connectivity index (χ1) is 11.0. The number of benzene rings is 1. The molecule has 3 rings (SSSR count). The standard InChI is InChI=1S/C18H20N2O3/c1-18(2)13-20(10-11-22-18)17(21)14-8-9-19-16(12-14)23-15-6-4-3-5-7-15/h3-9,12H,10-11,13H2,1-2H3. The van der Waals surface area contributed by atoms with E-state index in [0.29, 0.717) is 36.9 Å². The Bertz CT molecular complexity index is 686. The number of rotatable bonds is 3. The molecule has 5 heteroatoms. The number of ether oxygens (including phenoxy) is 2. The second-order valence-corrected chi connectivity index (χ2v) is 6.13. The summed E-state index contributed by atoms with van der Waals surface area (Å²) in [6.45, 7) is 5.70. The third kappa shape index (κ3) is 3.87. The van der Waals surface area contributed by atoms with Crippen LogP contribution in [-0.2, 0) is 4.74 Å². The molecule has 1 aliphatic heterocycles. The Morgan fingerprint density at radius 2 is 2.04 bits per heavy atom. The van der Waals surface area contributed by atoms with E-state index in [1.54, 1.807) is 18.3 Å². The minimum absolute atomic E-state index is 0.0262. The summed E-state index contributed by atoms with van der Waals surface area (Å²) < 4.78 is 11.3. The first-order valence-electron chi connectivity index (χ1n) is 7.66. The van der Waals surface area contributed by atoms with Crippen LogP contribution in [0.25, 0.3) is 0 Å². The second-order valence-electron chi connectivity index (χ2n) is 6.13. The number of para-hydroxylation sites is 1. The van der Waals surface area contributed by atoms with Gasteiger partial charge >= 0.3 is 0 Å². The van der Waals surface area contributed by atoms with Gasteiger partial charge in [-0.15, -0.1) is 0 Å². The molecule has 1 saturated heterocycles. The Morgan fingerprint density at radius 3 is 2.78 bits per heavy atom. The molecule has 1 aliphatic rings. The molecule has 0 radical (unpaired) electrons. The minimum Gasteiger partial charge on any atom is -0.439 e. The monoisotopic (exact) mass is 312 g/mol. The summed E-state index contributed by atoms with van der Waals surface area (Å²) in [7, 11) is 0. The molecule has 0 bridgehead atoms. The molecular formula is C18H20N2O3. The Kier molecular flexibility index (Phi) is 4.30. The number of hydrogen-bond acceptors (Lipinski definition) is 4. The van der Waals surface area contributed by atoms with Gasteiger partial charge in [-0.3, -0.25) is 4.79 Å². The number of amides is 1. The van der Waals surface area contributed by atoms with Crippen LogP contribution in [0.1, 0.15) is 24.2 Å². The summed E-state index contributed by atoms with van der Waals surface area (Å²) in [4.78, 5) is 18.7. The molecule has 1 aromatic heterocycles. The number of pyridine rings is 1. The number of aromatic nitrogens is 1. The number of morpholine rings is 1. The van der Waals surface area contributed by atoms with E-state index in [0.717, 1.165) is 0 Å². The summed E-state index contributed by atoms with van der Waals surface area (Å²) in [6.07, 6.45) is 1.59. The van der Waals surface area contributed by atoms with Crippen molar-refractivity contribution in [1.29, 1.82) is 0 Å². The summed E-state index contributed by atoms with van der Waals surface area (Å²) in [5.41, 5.74) is 0.258. The molecule has 0 aliphatic carbocycles. The fourth-order valence-corrected chi connectivity index (χ4v) is 2.58. The maximum absolute atomic E-state index is 12.7. The van der Waals surface area contributed by atoms with E-state index in [1.807, 2.05) is 49.1 Å². The summed E-state index contributed by atoms with van der Waals surface area (Å²) in [5.74, 6) is 1.08. The molecule has 0 N–H and O–H groups in total. The van der Waals surface area contributed by atoms with Crippen LogP contribution in [-0.4, -0.2) is 41.1 Å². The van der Waals surface area contributed by atoms with Crippen molar-refractivity contribution in [3.63, 3.8) is 0 Å². The van der Waals surface area contributed by atoms with Crippen LogP contribution >= 0.6 is 0 Å². The smallest absolute Gasteiger partial charge is 0.254 e. The molecule has 0 unspecified atom stereocenters. The van der Waals surface area contributed by atoms with Crippen molar-refractivity contribution in [2.45, 2.75) is 19.4 Å². The predicted molar refractivity (Wildman–Crippen MR) is 86.7 cm³/mol. The molecule has 1 aromatic carbocycles. The fraction of sp³-hybridized carbons (Fsp3) is 0.333. The number of carbonyl (C=O) groups excluding carboxylic acids is 1. The average Bonchev–Trinajstić information content (AvgIpc) is 2.54. The highest BCUT2D eigenvalue weighted by Gasteiger charge is 2.30. The lowest BCUT2D eigenvalue weighted by Gasteiger charge is -2.38. The molecule has 5 nitrogen and oxygen atoms in total. The van der Waals surface area contributed by atoms with Crippen molar-refractivity contribution < 1.29 is 14.3 Å². The Hall–Kier alpha value is -2.40. The van der Waals surface area contributed by atoms with Gasteiger partial charge < -0.3 is 14.4 Å². The zero-order valence-corrected chi connectivity index (χ0v) is 13.4. The van der Waals surface area contributed by atoms with Crippen LogP contribution in [0.5, 0.6) is 11.6 Å². The maximum atomic E-state index is 12.7. The SMILES string of the molecule is CC1(C)CN(C(=O)c2ccnc(Oc3ccccc3)c2)CCO1. The van der Waals surface area contributed by atoms with Crippen molar-refractivity contribution in [2.24, 2.45) is 0 Å². The molecule has 1 amide bonds. The van der Waals surface area contributed by atoms with Crippen LogP contribution < -0.4 is 4.74 Å². The minimum atomic E-state index is -0.315. The van der Waals surface area contributed by atoms with Crippen LogP contribution in [0.3, 0.4) is 0 Å². The number of nitrogens with zero attached hydrogens (tertiary/aromatic N) is 2. The number of hydrogen-bond donors (Lipinski definition) is 0. The lowest BCUT2D eigenvalue weighted by molar-refractivity contribution is -0.0764. The van der Waals surface area contributed by atoms with Crippen LogP contribution in [0.2, 0.25) is 0 Å². The summed E-state index contributed by atoms with van der Waals surface area (Å²) >= 11 is 0. The van der Waals surface area contributed by atoms with E-state index in [9.17, 15) is 4.79 Å². The lowest BCUT2D eigenvalue weighted by atomic mass is 10.1. The fourth-order valence-electron chi connectivity index (χ4n) is 2.58. The molecule has 2 heterocycles. The highest BCUT2D eigenvalue weighted by Crippen LogP contribution is 2.22. The van der Waals surface area contributed by atoms with Gasteiger partial charge in [0, 0.05) is 30.9 Å². The normalized spacial score (nSPS) is 16.9. The number of carbonyl (C=O) groups is 1. The van der Waals surface area contributed by atoms with Crippen LogP contribution in [0, 0.1) is 0 Å². The molecule has 0 saturated carbocycles. The molecule has 2 aromatic rings. The maximum Gasteiger partial charge on any atom is 0.254 e. The predicted octanol–water partition coefficient (Wildman–Crippen LogP) is 3.12. The van der Waals surface area contributed by atoms with Gasteiger partial charge in [0.05, 0.1) is 12.2 Å². The first-order valence-corrected chi connectivity index (χ1v) is 7.66. The quantitative estimate of drug-likeness (QED) is 0.874. The molecule has 1 fully saturated rings. The topological polar surface area (TPSA) is 51.7 Å². The van der Waals surface area contributed by atoms with Gasteiger partial charge in [0.25, 0.3) is 5.91 Å². The van der Waals surface area contributed by atoms with E-state index < -0.39 is 0 Å². The van der Waals surface area contributed by atoms with Crippen molar-refractivity contribution in [2.75, 3.05) is 19.7 Å². The van der Waals surface area contributed by atoms with E-state index in [1.165, 1.54) is 0 Å². The van der Waals surface area contributed by atoms with Gasteiger partial charge in [0.15, 0.2) is 0 Å². The average molecular weight is 312 g/mol. The van der Waals surface area contributed by atoms with Gasteiger partial charge in [0.1, 0.15) is 5.75 Å². The van der Waals surface area contributed by atoms with E-state index in [-0.39, 0.29) is 11.5 Å². The molecule has 0 atom stereocenters. The lowest BCUT2D eigenvalue weighted by Crippen LogP contribution is -2.50. The Labute approximate surface area is 135 Å². The molecule has 23 heavy (non-hydrogen) atoms. The largest absolute Gasteiger partial charge is 0.439 e. The Balaban J connectivity index is 1.75. The Morgan fingerprint density at radius 1 is 1.26 bits per heavy atom. The van der Waals surface area contributed by atoms with E-state index in [4.69, 9.17) is 9.47 Å². The highest BCUT2D eigenvalue weighted by molar-refractivity contribution is 5.94. The van der Waals surface area contributed by atoms with Crippen LogP contribution in [0.15, 0.2) is 48.7 Å². The van der Waals surface area contributed by atoms with Crippen molar-refractivity contribution in [3.05, 3.63) is 54.2 Å². The zero-order valence-electron chi connectivity index (χ0n) is 13.4. The third-order valence-electron chi connectivity index (χ3n) is 3.66. The van der Waals surface area contributed by atoms with Crippen LogP contribution in [0.4, 0.5) is 0 Å². The van der Waals surface area contributed by atoms with Gasteiger partial charge in [-0.1, -0.05) is 18.2 Å². The van der Waals surface area contributed by atoms with Gasteiger partial charge in [-0.05, 0) is 32.0 Å². The third-order valence-corrected chi connectivity index (χ3v) is 3.66. The van der Waals surface area contributed by atoms with Gasteiger partial charge in [0.2, 0.25) is 5.88 Å². The van der Waals surface area contributed by atoms with Crippen molar-refractivity contribution in [3.8, 4) is 11.6 Å².